The summed E-state index contributed by atoms with van der Waals surface area (Å²) in [6.07, 6.45) is 0. The van der Waals surface area contributed by atoms with Crippen molar-refractivity contribution in [3.63, 3.8) is 0 Å². The Morgan fingerprint density at radius 3 is 2.21 bits per heavy atom. The van der Waals surface area contributed by atoms with Crippen LogP contribution in [0.2, 0.25) is 19.6 Å². The Kier molecular flexibility index (Phi) is 3.43. The van der Waals surface area contributed by atoms with Gasteiger partial charge in [-0.15, -0.1) is 0 Å². The maximum Gasteiger partial charge on any atom is 0.242 e. The van der Waals surface area contributed by atoms with Crippen molar-refractivity contribution in [2.24, 2.45) is 0 Å². The molecule has 0 aliphatic rings. The Bertz CT molecular complexity index is 342. The summed E-state index contributed by atoms with van der Waals surface area (Å²) in [5, 5.41) is 0. The lowest BCUT2D eigenvalue weighted by Gasteiger charge is -2.21. The van der Waals surface area contributed by atoms with Crippen LogP contribution in [-0.4, -0.2) is 8.32 Å². The number of halogens is 1. The Morgan fingerprint density at radius 1 is 1.14 bits per heavy atom. The standard InChI is InChI=1S/C11H17BrOSi/c1-8-6-9(2)11(12)10(7-8)13-14(3,4)5/h6-7H,1-5H3. The van der Waals surface area contributed by atoms with E-state index in [2.05, 4.69) is 61.6 Å². The normalized spacial score (nSPS) is 11.6. The molecule has 3 heteroatoms. The predicted molar refractivity (Wildman–Crippen MR) is 67.6 cm³/mol. The van der Waals surface area contributed by atoms with Crippen LogP contribution in [0.15, 0.2) is 16.6 Å². The van der Waals surface area contributed by atoms with Gasteiger partial charge in [0, 0.05) is 0 Å². The Morgan fingerprint density at radius 2 is 1.71 bits per heavy atom. The zero-order valence-electron chi connectivity index (χ0n) is 9.44. The second-order valence-corrected chi connectivity index (χ2v) is 9.83. The largest absolute Gasteiger partial charge is 0.544 e. The second-order valence-electron chi connectivity index (χ2n) is 4.61. The molecule has 0 amide bonds. The molecule has 1 aromatic carbocycles. The van der Waals surface area contributed by atoms with Gasteiger partial charge in [-0.2, -0.15) is 0 Å². The zero-order valence-corrected chi connectivity index (χ0v) is 12.0. The molecule has 0 N–H and O–H groups in total. The van der Waals surface area contributed by atoms with Crippen LogP contribution >= 0.6 is 15.9 Å². The summed E-state index contributed by atoms with van der Waals surface area (Å²) in [6, 6.07) is 4.25. The van der Waals surface area contributed by atoms with Crippen LogP contribution < -0.4 is 4.43 Å². The van der Waals surface area contributed by atoms with Gasteiger partial charge >= 0.3 is 0 Å². The van der Waals surface area contributed by atoms with Crippen molar-refractivity contribution in [3.8, 4) is 5.75 Å². The molecule has 1 nitrogen and oxygen atoms in total. The van der Waals surface area contributed by atoms with Crippen LogP contribution in [0.4, 0.5) is 0 Å². The number of benzene rings is 1. The monoisotopic (exact) mass is 272 g/mol. The molecular weight excluding hydrogens is 256 g/mol. The molecule has 0 aliphatic heterocycles. The molecule has 0 saturated carbocycles. The van der Waals surface area contributed by atoms with Gasteiger partial charge in [-0.3, -0.25) is 0 Å². The van der Waals surface area contributed by atoms with E-state index in [0.29, 0.717) is 0 Å². The van der Waals surface area contributed by atoms with Gasteiger partial charge in [0.2, 0.25) is 8.32 Å². The van der Waals surface area contributed by atoms with E-state index >= 15 is 0 Å². The third kappa shape index (κ3) is 3.14. The van der Waals surface area contributed by atoms with Gasteiger partial charge < -0.3 is 4.43 Å². The van der Waals surface area contributed by atoms with Crippen molar-refractivity contribution in [3.05, 3.63) is 27.7 Å². The minimum atomic E-state index is -1.51. The average molecular weight is 273 g/mol. The molecule has 14 heavy (non-hydrogen) atoms. The SMILES string of the molecule is Cc1cc(C)c(Br)c(O[Si](C)(C)C)c1. The molecule has 0 unspecified atom stereocenters. The van der Waals surface area contributed by atoms with E-state index in [4.69, 9.17) is 4.43 Å². The van der Waals surface area contributed by atoms with Crippen LogP contribution in [0.1, 0.15) is 11.1 Å². The van der Waals surface area contributed by atoms with Crippen LogP contribution in [0.3, 0.4) is 0 Å². The quantitative estimate of drug-likeness (QED) is 0.731. The van der Waals surface area contributed by atoms with Crippen molar-refractivity contribution in [2.45, 2.75) is 33.5 Å². The molecule has 1 rings (SSSR count). The minimum Gasteiger partial charge on any atom is -0.544 e. The first-order chi connectivity index (χ1) is 6.29. The number of rotatable bonds is 2. The summed E-state index contributed by atoms with van der Waals surface area (Å²) in [6.45, 7) is 10.8. The molecule has 0 bridgehead atoms. The molecular formula is C11H17BrOSi. The maximum absolute atomic E-state index is 5.99. The van der Waals surface area contributed by atoms with Gasteiger partial charge in [-0.1, -0.05) is 6.07 Å². The summed E-state index contributed by atoms with van der Waals surface area (Å²) < 4.78 is 7.07. The molecule has 1 aromatic rings. The number of hydrogen-bond acceptors (Lipinski definition) is 1. The van der Waals surface area contributed by atoms with Crippen molar-refractivity contribution >= 4 is 24.2 Å². The van der Waals surface area contributed by atoms with E-state index in [1.807, 2.05) is 0 Å². The summed E-state index contributed by atoms with van der Waals surface area (Å²) in [7, 11) is -1.51. The highest BCUT2D eigenvalue weighted by Crippen LogP contribution is 2.31. The van der Waals surface area contributed by atoms with E-state index in [0.717, 1.165) is 10.2 Å². The first kappa shape index (κ1) is 11.8. The molecule has 0 aliphatic carbocycles. The van der Waals surface area contributed by atoms with Crippen LogP contribution in [-0.2, 0) is 0 Å². The fourth-order valence-corrected chi connectivity index (χ4v) is 2.60. The van der Waals surface area contributed by atoms with Gasteiger partial charge in [0.1, 0.15) is 5.75 Å². The molecule has 0 fully saturated rings. The van der Waals surface area contributed by atoms with Gasteiger partial charge in [0.25, 0.3) is 0 Å². The Balaban J connectivity index is 3.09. The summed E-state index contributed by atoms with van der Waals surface area (Å²) >= 11 is 3.56. The fourth-order valence-electron chi connectivity index (χ4n) is 1.32. The van der Waals surface area contributed by atoms with E-state index in [1.165, 1.54) is 11.1 Å². The smallest absolute Gasteiger partial charge is 0.242 e. The van der Waals surface area contributed by atoms with Gasteiger partial charge in [-0.25, -0.2) is 0 Å². The Hall–Kier alpha value is -0.283. The Labute approximate surface area is 95.7 Å². The lowest BCUT2D eigenvalue weighted by Crippen LogP contribution is -2.29. The maximum atomic E-state index is 5.99. The van der Waals surface area contributed by atoms with Crippen molar-refractivity contribution in [1.82, 2.24) is 0 Å². The van der Waals surface area contributed by atoms with Crippen molar-refractivity contribution in [1.29, 1.82) is 0 Å². The first-order valence-corrected chi connectivity index (χ1v) is 8.95. The summed E-state index contributed by atoms with van der Waals surface area (Å²) in [5.74, 6) is 0.988. The van der Waals surface area contributed by atoms with Crippen LogP contribution in [0.5, 0.6) is 5.75 Å². The van der Waals surface area contributed by atoms with Gasteiger partial charge in [-0.05, 0) is 66.6 Å². The zero-order chi connectivity index (χ0) is 10.9. The van der Waals surface area contributed by atoms with E-state index in [-0.39, 0.29) is 0 Å². The second kappa shape index (κ2) is 4.07. The number of hydrogen-bond donors (Lipinski definition) is 0. The molecule has 0 saturated heterocycles. The van der Waals surface area contributed by atoms with Gasteiger partial charge in [0.15, 0.2) is 0 Å². The molecule has 0 aromatic heterocycles. The molecule has 0 atom stereocenters. The highest BCUT2D eigenvalue weighted by atomic mass is 79.9. The van der Waals surface area contributed by atoms with E-state index in [9.17, 15) is 0 Å². The van der Waals surface area contributed by atoms with Gasteiger partial charge in [0.05, 0.1) is 4.47 Å². The minimum absolute atomic E-state index is 0.988. The average Bonchev–Trinajstić information content (AvgIpc) is 1.96. The topological polar surface area (TPSA) is 9.23 Å². The molecule has 0 spiro atoms. The van der Waals surface area contributed by atoms with Crippen LogP contribution in [0, 0.1) is 13.8 Å². The molecule has 78 valence electrons. The number of aryl methyl sites for hydroxylation is 2. The molecule has 0 radical (unpaired) electrons. The lowest BCUT2D eigenvalue weighted by atomic mass is 10.1. The highest BCUT2D eigenvalue weighted by molar-refractivity contribution is 9.10. The van der Waals surface area contributed by atoms with Crippen molar-refractivity contribution in [2.75, 3.05) is 0 Å². The lowest BCUT2D eigenvalue weighted by molar-refractivity contribution is 0.553. The van der Waals surface area contributed by atoms with Crippen molar-refractivity contribution < 1.29 is 4.43 Å². The molecule has 0 heterocycles. The summed E-state index contributed by atoms with van der Waals surface area (Å²) in [5.41, 5.74) is 2.48. The highest BCUT2D eigenvalue weighted by Gasteiger charge is 2.18. The van der Waals surface area contributed by atoms with E-state index in [1.54, 1.807) is 0 Å². The third-order valence-corrected chi connectivity index (χ3v) is 3.63. The van der Waals surface area contributed by atoms with E-state index < -0.39 is 8.32 Å². The predicted octanol–water partition coefficient (Wildman–Crippen LogP) is 4.28. The third-order valence-electron chi connectivity index (χ3n) is 1.78. The fraction of sp³-hybridized carbons (Fsp3) is 0.455. The summed E-state index contributed by atoms with van der Waals surface area (Å²) in [4.78, 5) is 0. The first-order valence-electron chi connectivity index (χ1n) is 4.75. The van der Waals surface area contributed by atoms with Crippen LogP contribution in [0.25, 0.3) is 0 Å².